The van der Waals surface area contributed by atoms with E-state index in [-0.39, 0.29) is 6.61 Å². The highest BCUT2D eigenvalue weighted by Gasteiger charge is 2.01. The molecule has 0 atom stereocenters. The van der Waals surface area contributed by atoms with Crippen molar-refractivity contribution in [2.45, 2.75) is 12.8 Å². The summed E-state index contributed by atoms with van der Waals surface area (Å²) in [4.78, 5) is 26.5. The lowest BCUT2D eigenvalue weighted by molar-refractivity contribution is -0.138. The minimum Gasteiger partial charge on any atom is -0.493 e. The summed E-state index contributed by atoms with van der Waals surface area (Å²) in [7, 11) is 0. The van der Waals surface area contributed by atoms with Crippen LogP contribution in [0.3, 0.4) is 0 Å². The Morgan fingerprint density at radius 3 is 1.54 bits per heavy atom. The normalized spacial score (nSPS) is 10.5. The van der Waals surface area contributed by atoms with Crippen LogP contribution >= 0.6 is 0 Å². The summed E-state index contributed by atoms with van der Waals surface area (Å²) in [6.45, 7) is 8.15. The molecule has 39 heavy (non-hydrogen) atoms. The van der Waals surface area contributed by atoms with Crippen LogP contribution in [0.4, 0.5) is 5.69 Å². The molecule has 0 aliphatic carbocycles. The highest BCUT2D eigenvalue weighted by Crippen LogP contribution is 2.26. The summed E-state index contributed by atoms with van der Waals surface area (Å²) < 4.78 is 27.0. The third-order valence-electron chi connectivity index (χ3n) is 5.08. The van der Waals surface area contributed by atoms with Gasteiger partial charge in [0.15, 0.2) is 0 Å². The monoisotopic (exact) mass is 529 g/mol. The summed E-state index contributed by atoms with van der Waals surface area (Å²) in [5, 5.41) is 0. The molecule has 0 fully saturated rings. The molecule has 0 amide bonds. The topological polar surface area (TPSA) is 92.7 Å². The molecule has 0 aromatic heterocycles. The molecule has 0 N–H and O–H groups in total. The van der Waals surface area contributed by atoms with E-state index in [4.69, 9.17) is 23.7 Å². The molecule has 8 nitrogen and oxygen atoms in total. The second-order valence-corrected chi connectivity index (χ2v) is 8.04. The Balaban J connectivity index is 1.39. The molecule has 8 heteroatoms. The van der Waals surface area contributed by atoms with Crippen LogP contribution in [-0.2, 0) is 19.1 Å². The largest absolute Gasteiger partial charge is 0.493 e. The van der Waals surface area contributed by atoms with Crippen molar-refractivity contribution in [2.75, 3.05) is 26.4 Å². The third-order valence-corrected chi connectivity index (χ3v) is 5.08. The summed E-state index contributed by atoms with van der Waals surface area (Å²) in [5.41, 5.74) is 1.72. The van der Waals surface area contributed by atoms with Gasteiger partial charge in [-0.15, -0.1) is 0 Å². The van der Waals surface area contributed by atoms with Gasteiger partial charge in [-0.05, 0) is 78.4 Å². The number of hydrogen-bond acceptors (Lipinski definition) is 8. The first-order valence-corrected chi connectivity index (χ1v) is 12.4. The van der Waals surface area contributed by atoms with Crippen molar-refractivity contribution in [3.63, 3.8) is 0 Å². The summed E-state index contributed by atoms with van der Waals surface area (Å²) in [5.74, 6) is 1.93. The number of aliphatic imine (C=N–C) groups is 1. The zero-order valence-corrected chi connectivity index (χ0v) is 21.6. The van der Waals surface area contributed by atoms with Crippen LogP contribution in [0.5, 0.6) is 23.0 Å². The number of rotatable bonds is 16. The molecule has 0 radical (unpaired) electrons. The summed E-state index contributed by atoms with van der Waals surface area (Å²) >= 11 is 0. The van der Waals surface area contributed by atoms with Gasteiger partial charge in [-0.1, -0.05) is 13.2 Å². The zero-order valence-electron chi connectivity index (χ0n) is 21.6. The average molecular weight is 530 g/mol. The van der Waals surface area contributed by atoms with Crippen molar-refractivity contribution in [1.29, 1.82) is 0 Å². The van der Waals surface area contributed by atoms with Crippen LogP contribution < -0.4 is 14.2 Å². The highest BCUT2D eigenvalue weighted by molar-refractivity contribution is 5.82. The smallest absolute Gasteiger partial charge is 0.330 e. The Hall–Kier alpha value is -4.85. The van der Waals surface area contributed by atoms with Crippen molar-refractivity contribution in [1.82, 2.24) is 0 Å². The van der Waals surface area contributed by atoms with Crippen LogP contribution in [0.1, 0.15) is 18.4 Å². The zero-order chi connectivity index (χ0) is 27.7. The van der Waals surface area contributed by atoms with Gasteiger partial charge in [0.05, 0.1) is 32.1 Å². The molecule has 3 aromatic carbocycles. The van der Waals surface area contributed by atoms with Gasteiger partial charge in [-0.3, -0.25) is 4.99 Å². The van der Waals surface area contributed by atoms with E-state index >= 15 is 0 Å². The number of nitrogens with zero attached hydrogens (tertiary/aromatic N) is 1. The maximum Gasteiger partial charge on any atom is 0.330 e. The second kappa shape index (κ2) is 16.1. The molecule has 0 spiro atoms. The summed E-state index contributed by atoms with van der Waals surface area (Å²) in [6, 6.07) is 22.3. The van der Waals surface area contributed by atoms with Crippen LogP contribution in [0.15, 0.2) is 103 Å². The molecule has 0 aliphatic rings. The first kappa shape index (κ1) is 28.7. The van der Waals surface area contributed by atoms with E-state index in [2.05, 4.69) is 18.2 Å². The van der Waals surface area contributed by atoms with Crippen molar-refractivity contribution in [2.24, 2.45) is 4.99 Å². The van der Waals surface area contributed by atoms with Crippen LogP contribution in [-0.4, -0.2) is 44.6 Å². The fraction of sp³-hybridized carbons (Fsp3) is 0.194. The van der Waals surface area contributed by atoms with E-state index in [1.807, 2.05) is 72.8 Å². The van der Waals surface area contributed by atoms with Crippen LogP contribution in [0.25, 0.3) is 0 Å². The Labute approximate surface area is 228 Å². The van der Waals surface area contributed by atoms with Gasteiger partial charge in [0.2, 0.25) is 0 Å². The van der Waals surface area contributed by atoms with Crippen molar-refractivity contribution in [3.8, 4) is 23.0 Å². The van der Waals surface area contributed by atoms with E-state index in [0.29, 0.717) is 49.9 Å². The molecule has 3 aromatic rings. The molecule has 0 unspecified atom stereocenters. The second-order valence-electron chi connectivity index (χ2n) is 8.04. The van der Waals surface area contributed by atoms with Crippen LogP contribution in [0.2, 0.25) is 0 Å². The molecule has 0 heterocycles. The SMILES string of the molecule is C=CC(=O)OCCCOc1ccc(C=Nc2ccc(Oc3ccc(OCCCOC(=O)C=C)cc3)cc2)cc1. The predicted octanol–water partition coefficient (Wildman–Crippen LogP) is 6.23. The van der Waals surface area contributed by atoms with Gasteiger partial charge in [0.25, 0.3) is 0 Å². The van der Waals surface area contributed by atoms with Gasteiger partial charge in [-0.25, -0.2) is 9.59 Å². The van der Waals surface area contributed by atoms with E-state index < -0.39 is 11.9 Å². The van der Waals surface area contributed by atoms with E-state index in [1.54, 1.807) is 6.21 Å². The van der Waals surface area contributed by atoms with Crippen molar-refractivity contribution >= 4 is 23.8 Å². The van der Waals surface area contributed by atoms with Gasteiger partial charge >= 0.3 is 11.9 Å². The molecule has 0 saturated carbocycles. The molecular weight excluding hydrogens is 498 g/mol. The molecule has 0 aliphatic heterocycles. The standard InChI is InChI=1S/C31H31NO7/c1-3-30(33)37-21-5-19-35-26-11-7-24(8-12-26)23-32-25-9-13-28(14-10-25)39-29-17-15-27(16-18-29)36-20-6-22-38-31(34)4-2/h3-4,7-18,23H,1-2,5-6,19-22H2. The lowest BCUT2D eigenvalue weighted by Crippen LogP contribution is -2.06. The molecule has 202 valence electrons. The number of carbonyl (C=O) groups excluding carboxylic acids is 2. The van der Waals surface area contributed by atoms with Gasteiger partial charge in [-0.2, -0.15) is 0 Å². The van der Waals surface area contributed by atoms with Crippen molar-refractivity contribution < 1.29 is 33.3 Å². The van der Waals surface area contributed by atoms with Gasteiger partial charge < -0.3 is 23.7 Å². The first-order valence-electron chi connectivity index (χ1n) is 12.4. The van der Waals surface area contributed by atoms with Crippen LogP contribution in [0, 0.1) is 0 Å². The van der Waals surface area contributed by atoms with E-state index in [9.17, 15) is 9.59 Å². The van der Waals surface area contributed by atoms with Gasteiger partial charge in [0.1, 0.15) is 23.0 Å². The number of esters is 2. The molecule has 0 saturated heterocycles. The highest BCUT2D eigenvalue weighted by atomic mass is 16.5. The number of ether oxygens (including phenoxy) is 5. The Morgan fingerprint density at radius 2 is 1.05 bits per heavy atom. The minimum absolute atomic E-state index is 0.284. The maximum absolute atomic E-state index is 11.0. The Kier molecular flexibility index (Phi) is 11.8. The molecule has 3 rings (SSSR count). The molecular formula is C31H31NO7. The number of hydrogen-bond donors (Lipinski definition) is 0. The number of benzene rings is 3. The lowest BCUT2D eigenvalue weighted by atomic mass is 10.2. The average Bonchev–Trinajstić information content (AvgIpc) is 2.97. The third kappa shape index (κ3) is 11.0. The van der Waals surface area contributed by atoms with E-state index in [1.165, 1.54) is 0 Å². The fourth-order valence-corrected chi connectivity index (χ4v) is 3.10. The molecule has 0 bridgehead atoms. The van der Waals surface area contributed by atoms with E-state index in [0.717, 1.165) is 29.2 Å². The van der Waals surface area contributed by atoms with Crippen molar-refractivity contribution in [3.05, 3.63) is 104 Å². The Morgan fingerprint density at radius 1 is 0.615 bits per heavy atom. The number of carbonyl (C=O) groups is 2. The lowest BCUT2D eigenvalue weighted by Gasteiger charge is -2.09. The first-order chi connectivity index (χ1) is 19.1. The Bertz CT molecular complexity index is 1230. The maximum atomic E-state index is 11.0. The fourth-order valence-electron chi connectivity index (χ4n) is 3.10. The summed E-state index contributed by atoms with van der Waals surface area (Å²) in [6.07, 6.45) is 5.23. The predicted molar refractivity (Wildman–Crippen MR) is 149 cm³/mol. The van der Waals surface area contributed by atoms with Gasteiger partial charge in [0, 0.05) is 31.2 Å². The minimum atomic E-state index is -0.437. The quantitative estimate of drug-likeness (QED) is 0.0940.